The predicted molar refractivity (Wildman–Crippen MR) is 98.4 cm³/mol. The summed E-state index contributed by atoms with van der Waals surface area (Å²) in [6.07, 6.45) is 1.61. The summed E-state index contributed by atoms with van der Waals surface area (Å²) < 4.78 is 7.08. The van der Waals surface area contributed by atoms with Crippen molar-refractivity contribution in [2.24, 2.45) is 5.92 Å². The van der Waals surface area contributed by atoms with E-state index in [-0.39, 0.29) is 11.8 Å². The molecule has 0 atom stereocenters. The van der Waals surface area contributed by atoms with Crippen LogP contribution in [0.1, 0.15) is 29.8 Å². The zero-order valence-corrected chi connectivity index (χ0v) is 15.6. The third-order valence-electron chi connectivity index (χ3n) is 4.84. The molecule has 0 aromatic carbocycles. The summed E-state index contributed by atoms with van der Waals surface area (Å²) in [6, 6.07) is 3.75. The topological polar surface area (TPSA) is 94.0 Å². The van der Waals surface area contributed by atoms with Gasteiger partial charge in [-0.2, -0.15) is 5.10 Å². The van der Waals surface area contributed by atoms with Crippen LogP contribution in [0.5, 0.6) is 0 Å². The van der Waals surface area contributed by atoms with Crippen molar-refractivity contribution < 1.29 is 9.53 Å². The lowest BCUT2D eigenvalue weighted by Gasteiger charge is -2.21. The quantitative estimate of drug-likeness (QED) is 0.761. The molecule has 0 aliphatic carbocycles. The van der Waals surface area contributed by atoms with Gasteiger partial charge in [0.25, 0.3) is 0 Å². The fourth-order valence-electron chi connectivity index (χ4n) is 2.96. The van der Waals surface area contributed by atoms with E-state index in [1.165, 1.54) is 0 Å². The highest BCUT2D eigenvalue weighted by atomic mass is 16.5. The van der Waals surface area contributed by atoms with E-state index in [0.717, 1.165) is 29.8 Å². The van der Waals surface area contributed by atoms with Crippen molar-refractivity contribution in [3.05, 3.63) is 29.1 Å². The summed E-state index contributed by atoms with van der Waals surface area (Å²) in [5.41, 5.74) is 3.22. The molecule has 2 N–H and O–H groups in total. The highest BCUT2D eigenvalue weighted by Crippen LogP contribution is 2.16. The largest absolute Gasteiger partial charge is 0.381 e. The lowest BCUT2D eigenvalue weighted by Crippen LogP contribution is -2.36. The van der Waals surface area contributed by atoms with Crippen LogP contribution in [0.2, 0.25) is 0 Å². The van der Waals surface area contributed by atoms with E-state index in [4.69, 9.17) is 4.74 Å². The van der Waals surface area contributed by atoms with Gasteiger partial charge in [-0.05, 0) is 51.3 Å². The molecule has 1 aliphatic rings. The van der Waals surface area contributed by atoms with E-state index < -0.39 is 0 Å². The Morgan fingerprint density at radius 1 is 1.19 bits per heavy atom. The van der Waals surface area contributed by atoms with Crippen LogP contribution < -0.4 is 10.6 Å². The van der Waals surface area contributed by atoms with E-state index in [1.807, 2.05) is 32.9 Å². The molecule has 2 aromatic heterocycles. The zero-order chi connectivity index (χ0) is 18.5. The summed E-state index contributed by atoms with van der Waals surface area (Å²) in [4.78, 5) is 12.0. The van der Waals surface area contributed by atoms with E-state index in [9.17, 15) is 4.79 Å². The first-order valence-electron chi connectivity index (χ1n) is 9.02. The molecule has 0 radical (unpaired) electrons. The molecule has 2 aromatic rings. The summed E-state index contributed by atoms with van der Waals surface area (Å²) >= 11 is 0. The highest BCUT2D eigenvalue weighted by molar-refractivity contribution is 5.78. The van der Waals surface area contributed by atoms with Crippen molar-refractivity contribution in [1.82, 2.24) is 25.3 Å². The number of nitrogens with one attached hydrogen (secondary N) is 2. The van der Waals surface area contributed by atoms with Crippen LogP contribution in [0.3, 0.4) is 0 Å². The molecule has 1 fully saturated rings. The standard InChI is InChI=1S/C18H26N6O2/c1-12-13(2)23-24(14(12)3)17-5-4-16(21-22-17)19-8-9-20-18(25)15-6-10-26-11-7-15/h4-5,15H,6-11H2,1-3H3,(H,19,21)(H,20,25). The first-order chi connectivity index (χ1) is 12.6. The molecule has 0 spiro atoms. The van der Waals surface area contributed by atoms with Crippen LogP contribution in [0.15, 0.2) is 12.1 Å². The first-order valence-corrected chi connectivity index (χ1v) is 9.02. The third-order valence-corrected chi connectivity index (χ3v) is 4.84. The molecular formula is C18H26N6O2. The number of aromatic nitrogens is 4. The molecule has 0 saturated carbocycles. The molecule has 26 heavy (non-hydrogen) atoms. The Kier molecular flexibility index (Phi) is 5.82. The van der Waals surface area contributed by atoms with Gasteiger partial charge in [-0.3, -0.25) is 4.79 Å². The smallest absolute Gasteiger partial charge is 0.223 e. The number of rotatable bonds is 6. The fraction of sp³-hybridized carbons (Fsp3) is 0.556. The molecular weight excluding hydrogens is 332 g/mol. The van der Waals surface area contributed by atoms with Crippen molar-refractivity contribution in [3.63, 3.8) is 0 Å². The van der Waals surface area contributed by atoms with Gasteiger partial charge in [-0.15, -0.1) is 10.2 Å². The summed E-state index contributed by atoms with van der Waals surface area (Å²) in [6.45, 7) is 8.55. The Bertz CT molecular complexity index is 750. The minimum absolute atomic E-state index is 0.0760. The molecule has 8 heteroatoms. The molecule has 0 unspecified atom stereocenters. The van der Waals surface area contributed by atoms with Gasteiger partial charge in [0.15, 0.2) is 5.82 Å². The zero-order valence-electron chi connectivity index (χ0n) is 15.6. The molecule has 1 saturated heterocycles. The number of amides is 1. The molecule has 3 heterocycles. The first kappa shape index (κ1) is 18.3. The van der Waals surface area contributed by atoms with Crippen molar-refractivity contribution >= 4 is 11.7 Å². The SMILES string of the molecule is Cc1nn(-c2ccc(NCCNC(=O)C3CCOCC3)nn2)c(C)c1C. The number of hydrogen-bond acceptors (Lipinski definition) is 6. The molecule has 1 amide bonds. The second-order valence-corrected chi connectivity index (χ2v) is 6.59. The Balaban J connectivity index is 1.47. The highest BCUT2D eigenvalue weighted by Gasteiger charge is 2.20. The lowest BCUT2D eigenvalue weighted by molar-refractivity contribution is -0.127. The van der Waals surface area contributed by atoms with Crippen molar-refractivity contribution in [2.45, 2.75) is 33.6 Å². The molecule has 1 aliphatic heterocycles. The Hall–Kier alpha value is -2.48. The number of anilines is 1. The normalized spacial score (nSPS) is 15.0. The molecule has 140 valence electrons. The summed E-state index contributed by atoms with van der Waals surface area (Å²) in [5.74, 6) is 1.55. The van der Waals surface area contributed by atoms with E-state index in [2.05, 4.69) is 25.9 Å². The number of ether oxygens (including phenoxy) is 1. The van der Waals surface area contributed by atoms with Gasteiger partial charge in [0.05, 0.1) is 5.69 Å². The van der Waals surface area contributed by atoms with Crippen LogP contribution in [-0.2, 0) is 9.53 Å². The Labute approximate surface area is 153 Å². The maximum absolute atomic E-state index is 12.0. The molecule has 8 nitrogen and oxygen atoms in total. The van der Waals surface area contributed by atoms with Crippen LogP contribution >= 0.6 is 0 Å². The van der Waals surface area contributed by atoms with E-state index >= 15 is 0 Å². The average molecular weight is 358 g/mol. The van der Waals surface area contributed by atoms with Gasteiger partial charge in [0.1, 0.15) is 5.82 Å². The Morgan fingerprint density at radius 2 is 1.96 bits per heavy atom. The Morgan fingerprint density at radius 3 is 2.58 bits per heavy atom. The van der Waals surface area contributed by atoms with Gasteiger partial charge in [0.2, 0.25) is 5.91 Å². The van der Waals surface area contributed by atoms with Crippen LogP contribution in [0, 0.1) is 26.7 Å². The second-order valence-electron chi connectivity index (χ2n) is 6.59. The van der Waals surface area contributed by atoms with Crippen molar-refractivity contribution in [2.75, 3.05) is 31.6 Å². The molecule has 3 rings (SSSR count). The maximum atomic E-state index is 12.0. The summed E-state index contributed by atoms with van der Waals surface area (Å²) in [7, 11) is 0. The monoisotopic (exact) mass is 358 g/mol. The second kappa shape index (κ2) is 8.27. The minimum Gasteiger partial charge on any atom is -0.381 e. The maximum Gasteiger partial charge on any atom is 0.223 e. The van der Waals surface area contributed by atoms with Crippen LogP contribution in [0.4, 0.5) is 5.82 Å². The van der Waals surface area contributed by atoms with Gasteiger partial charge in [-0.1, -0.05) is 0 Å². The average Bonchev–Trinajstić information content (AvgIpc) is 2.93. The number of aryl methyl sites for hydroxylation is 1. The minimum atomic E-state index is 0.0760. The van der Waals surface area contributed by atoms with Gasteiger partial charge >= 0.3 is 0 Å². The number of nitrogens with zero attached hydrogens (tertiary/aromatic N) is 4. The van der Waals surface area contributed by atoms with Crippen LogP contribution in [-0.4, -0.2) is 52.2 Å². The number of carbonyl (C=O) groups is 1. The summed E-state index contributed by atoms with van der Waals surface area (Å²) in [5, 5.41) is 19.0. The number of hydrogen-bond donors (Lipinski definition) is 2. The van der Waals surface area contributed by atoms with Gasteiger partial charge in [0, 0.05) is 37.9 Å². The molecule has 0 bridgehead atoms. The number of carbonyl (C=O) groups excluding carboxylic acids is 1. The van der Waals surface area contributed by atoms with Crippen LogP contribution in [0.25, 0.3) is 5.82 Å². The predicted octanol–water partition coefficient (Wildman–Crippen LogP) is 1.54. The lowest BCUT2D eigenvalue weighted by atomic mass is 9.99. The van der Waals surface area contributed by atoms with Crippen molar-refractivity contribution in [3.8, 4) is 5.82 Å². The van der Waals surface area contributed by atoms with E-state index in [0.29, 0.717) is 37.9 Å². The van der Waals surface area contributed by atoms with E-state index in [1.54, 1.807) is 4.68 Å². The van der Waals surface area contributed by atoms with Gasteiger partial charge in [-0.25, -0.2) is 4.68 Å². The van der Waals surface area contributed by atoms with Crippen molar-refractivity contribution in [1.29, 1.82) is 0 Å². The fourth-order valence-corrected chi connectivity index (χ4v) is 2.96. The van der Waals surface area contributed by atoms with Gasteiger partial charge < -0.3 is 15.4 Å². The third kappa shape index (κ3) is 4.19.